The third-order valence-corrected chi connectivity index (χ3v) is 7.82. The molecule has 8 heteroatoms. The molecule has 3 aliphatic heterocycles. The lowest BCUT2D eigenvalue weighted by Gasteiger charge is -2.58. The Hall–Kier alpha value is -2.84. The van der Waals surface area contributed by atoms with Crippen LogP contribution in [0.25, 0.3) is 10.9 Å². The minimum Gasteiger partial charge on any atom is -0.382 e. The molecule has 0 radical (unpaired) electrons. The summed E-state index contributed by atoms with van der Waals surface area (Å²) < 4.78 is 71.1. The molecule has 5 unspecified atom stereocenters. The number of benzene rings is 2. The molecule has 2 bridgehead atoms. The minimum atomic E-state index is -2.17. The number of aliphatic hydroxyl groups is 1. The Balaban J connectivity index is 1.61. The van der Waals surface area contributed by atoms with Crippen LogP contribution in [0.2, 0.25) is 0 Å². The Morgan fingerprint density at radius 1 is 1.03 bits per heavy atom. The number of para-hydroxylation sites is 1. The summed E-state index contributed by atoms with van der Waals surface area (Å²) in [5, 5.41) is 12.4. The number of hydrogen-bond acceptors (Lipinski definition) is 2. The molecule has 0 saturated carbocycles. The van der Waals surface area contributed by atoms with E-state index in [4.69, 9.17) is 0 Å². The molecule has 3 fully saturated rings. The van der Waals surface area contributed by atoms with Crippen LogP contribution in [0.4, 0.5) is 22.0 Å². The predicted molar refractivity (Wildman–Crippen MR) is 117 cm³/mol. The monoisotopic (exact) mass is 475 g/mol. The summed E-state index contributed by atoms with van der Waals surface area (Å²) in [5.41, 5.74) is 0.495. The maximum absolute atomic E-state index is 14.7. The second-order valence-electron chi connectivity index (χ2n) is 9.44. The van der Waals surface area contributed by atoms with Gasteiger partial charge in [0.25, 0.3) is 0 Å². The number of fused-ring (bicyclic) bond motifs is 4. The van der Waals surface area contributed by atoms with Crippen LogP contribution in [0, 0.1) is 40.9 Å². The summed E-state index contributed by atoms with van der Waals surface area (Å²) in [6, 6.07) is 8.57. The van der Waals surface area contributed by atoms with E-state index in [-0.39, 0.29) is 16.3 Å². The number of nitrogens with zero attached hydrogens (tertiary/aromatic N) is 2. The van der Waals surface area contributed by atoms with Crippen LogP contribution in [0.3, 0.4) is 0 Å². The van der Waals surface area contributed by atoms with E-state index in [0.29, 0.717) is 37.0 Å². The van der Waals surface area contributed by atoms with Gasteiger partial charge in [0.15, 0.2) is 23.3 Å². The van der Waals surface area contributed by atoms with Crippen LogP contribution in [0.15, 0.2) is 49.2 Å². The lowest BCUT2D eigenvalue weighted by atomic mass is 9.71. The standard InChI is InChI=1S/C26H24F5N2O/c1-2-14-12-33(13-18-21(27)23(29)25(31)24(30)22(18)28)10-8-15(14)11-20(33)26(34)17-7-9-32-19-6-4-3-5-16(17)19/h2-7,9,14-15,20,26,34H,1,8,10-13H2/q+1. The number of aromatic nitrogens is 1. The molecule has 3 saturated heterocycles. The summed E-state index contributed by atoms with van der Waals surface area (Å²) in [7, 11) is 0. The van der Waals surface area contributed by atoms with Gasteiger partial charge in [-0.05, 0) is 23.6 Å². The van der Waals surface area contributed by atoms with Crippen LogP contribution in [0.5, 0.6) is 0 Å². The molecule has 0 spiro atoms. The van der Waals surface area contributed by atoms with Crippen molar-refractivity contribution in [2.45, 2.75) is 31.5 Å². The van der Waals surface area contributed by atoms with Gasteiger partial charge in [0.2, 0.25) is 5.82 Å². The predicted octanol–water partition coefficient (Wildman–Crippen LogP) is 5.58. The molecule has 34 heavy (non-hydrogen) atoms. The number of rotatable bonds is 5. The van der Waals surface area contributed by atoms with E-state index >= 15 is 0 Å². The molecule has 3 nitrogen and oxygen atoms in total. The zero-order valence-electron chi connectivity index (χ0n) is 18.3. The molecular weight excluding hydrogens is 451 g/mol. The normalized spacial score (nSPS) is 27.2. The van der Waals surface area contributed by atoms with Crippen molar-refractivity contribution >= 4 is 10.9 Å². The van der Waals surface area contributed by atoms with Crippen molar-refractivity contribution in [3.8, 4) is 0 Å². The lowest BCUT2D eigenvalue weighted by molar-refractivity contribution is -0.985. The zero-order valence-corrected chi connectivity index (χ0v) is 18.3. The van der Waals surface area contributed by atoms with Crippen molar-refractivity contribution in [1.29, 1.82) is 0 Å². The Morgan fingerprint density at radius 3 is 2.41 bits per heavy atom. The highest BCUT2D eigenvalue weighted by Gasteiger charge is 2.54. The van der Waals surface area contributed by atoms with Crippen LogP contribution in [-0.4, -0.2) is 33.7 Å². The third-order valence-electron chi connectivity index (χ3n) is 7.82. The summed E-state index contributed by atoms with van der Waals surface area (Å²) in [4.78, 5) is 4.33. The lowest BCUT2D eigenvalue weighted by Crippen LogP contribution is -2.67. The third kappa shape index (κ3) is 3.43. The Morgan fingerprint density at radius 2 is 1.71 bits per heavy atom. The molecule has 2 aromatic carbocycles. The summed E-state index contributed by atoms with van der Waals surface area (Å²) >= 11 is 0. The number of halogens is 5. The van der Waals surface area contributed by atoms with Crippen molar-refractivity contribution in [3.63, 3.8) is 0 Å². The van der Waals surface area contributed by atoms with Gasteiger partial charge in [-0.2, -0.15) is 0 Å². The first-order valence-corrected chi connectivity index (χ1v) is 11.3. The molecule has 5 atom stereocenters. The van der Waals surface area contributed by atoms with Crippen molar-refractivity contribution in [3.05, 3.63) is 89.4 Å². The van der Waals surface area contributed by atoms with Gasteiger partial charge in [0.1, 0.15) is 18.7 Å². The fourth-order valence-electron chi connectivity index (χ4n) is 6.07. The molecule has 0 aliphatic carbocycles. The molecule has 1 aromatic heterocycles. The summed E-state index contributed by atoms with van der Waals surface area (Å²) in [6.45, 7) is 4.34. The Labute approximate surface area is 193 Å². The van der Waals surface area contributed by atoms with Gasteiger partial charge in [-0.1, -0.05) is 24.3 Å². The van der Waals surface area contributed by atoms with Crippen LogP contribution in [-0.2, 0) is 6.54 Å². The van der Waals surface area contributed by atoms with E-state index in [0.717, 1.165) is 5.39 Å². The average molecular weight is 475 g/mol. The molecule has 178 valence electrons. The van der Waals surface area contributed by atoms with Gasteiger partial charge in [0, 0.05) is 30.3 Å². The molecule has 4 heterocycles. The molecule has 3 aliphatic rings. The van der Waals surface area contributed by atoms with Crippen molar-refractivity contribution in [2.24, 2.45) is 11.8 Å². The van der Waals surface area contributed by atoms with Crippen molar-refractivity contribution in [1.82, 2.24) is 4.98 Å². The molecule has 0 amide bonds. The Kier molecular flexibility index (Phi) is 5.68. The van der Waals surface area contributed by atoms with Gasteiger partial charge in [-0.25, -0.2) is 22.0 Å². The van der Waals surface area contributed by atoms with Gasteiger partial charge in [0.05, 0.1) is 24.2 Å². The summed E-state index contributed by atoms with van der Waals surface area (Å²) in [6.07, 6.45) is 3.64. The van der Waals surface area contributed by atoms with E-state index in [1.165, 1.54) is 0 Å². The highest BCUT2D eigenvalue weighted by Crippen LogP contribution is 2.48. The largest absolute Gasteiger partial charge is 0.382 e. The fourth-order valence-corrected chi connectivity index (χ4v) is 6.07. The number of quaternary nitrogens is 1. The first-order chi connectivity index (χ1) is 16.3. The maximum Gasteiger partial charge on any atom is 0.200 e. The molecule has 1 N–H and O–H groups in total. The SMILES string of the molecule is C=CC1C[N+]2(Cc3c(F)c(F)c(F)c(F)c3F)CCC1CC2C(O)c1ccnc2ccccc12. The van der Waals surface area contributed by atoms with E-state index in [2.05, 4.69) is 11.6 Å². The molecule has 3 aromatic rings. The summed E-state index contributed by atoms with van der Waals surface area (Å²) in [5.74, 6) is -9.44. The maximum atomic E-state index is 14.7. The van der Waals surface area contributed by atoms with E-state index < -0.39 is 53.3 Å². The minimum absolute atomic E-state index is 0.0172. The van der Waals surface area contributed by atoms with Crippen molar-refractivity contribution < 1.29 is 31.5 Å². The van der Waals surface area contributed by atoms with Gasteiger partial charge in [-0.3, -0.25) is 4.98 Å². The highest BCUT2D eigenvalue weighted by molar-refractivity contribution is 5.82. The van der Waals surface area contributed by atoms with E-state index in [9.17, 15) is 27.1 Å². The van der Waals surface area contributed by atoms with Crippen LogP contribution >= 0.6 is 0 Å². The number of pyridine rings is 1. The number of aliphatic hydroxyl groups excluding tert-OH is 1. The van der Waals surface area contributed by atoms with Gasteiger partial charge < -0.3 is 9.59 Å². The highest BCUT2D eigenvalue weighted by atomic mass is 19.2. The Bertz CT molecular complexity index is 1250. The average Bonchev–Trinajstić information content (AvgIpc) is 2.88. The van der Waals surface area contributed by atoms with Crippen LogP contribution < -0.4 is 0 Å². The topological polar surface area (TPSA) is 33.1 Å². The second-order valence-corrected chi connectivity index (χ2v) is 9.44. The fraction of sp³-hybridized carbons (Fsp3) is 0.346. The van der Waals surface area contributed by atoms with Gasteiger partial charge in [-0.15, -0.1) is 6.58 Å². The molecule has 6 rings (SSSR count). The van der Waals surface area contributed by atoms with E-state index in [1.54, 1.807) is 18.3 Å². The smallest absolute Gasteiger partial charge is 0.200 e. The van der Waals surface area contributed by atoms with Crippen LogP contribution in [0.1, 0.15) is 30.1 Å². The zero-order chi connectivity index (χ0) is 24.2. The van der Waals surface area contributed by atoms with E-state index in [1.807, 2.05) is 24.3 Å². The number of piperidine rings is 3. The number of hydrogen-bond donors (Lipinski definition) is 1. The quantitative estimate of drug-likeness (QED) is 0.172. The first-order valence-electron chi connectivity index (χ1n) is 11.3. The van der Waals surface area contributed by atoms with Gasteiger partial charge >= 0.3 is 0 Å². The first kappa shape index (κ1) is 22.9. The second kappa shape index (κ2) is 8.43. The molecular formula is C26H24F5N2O+. The van der Waals surface area contributed by atoms with Crippen molar-refractivity contribution in [2.75, 3.05) is 13.1 Å².